The van der Waals surface area contributed by atoms with E-state index in [9.17, 15) is 27.1 Å². The molecule has 0 saturated carbocycles. The van der Waals surface area contributed by atoms with E-state index in [0.29, 0.717) is 0 Å². The van der Waals surface area contributed by atoms with Crippen molar-refractivity contribution in [2.24, 2.45) is 11.1 Å². The van der Waals surface area contributed by atoms with Crippen LogP contribution in [0.4, 0.5) is 22.0 Å². The third-order valence-corrected chi connectivity index (χ3v) is 3.17. The second-order valence-corrected chi connectivity index (χ2v) is 5.71. The molecule has 0 bridgehead atoms. The topological polar surface area (TPSA) is 46.2 Å². The summed E-state index contributed by atoms with van der Waals surface area (Å²) < 4.78 is 65.9. The normalized spacial score (nSPS) is 15.3. The number of benzene rings is 1. The number of rotatable bonds is 3. The third-order valence-electron chi connectivity index (χ3n) is 3.17. The Hall–Kier alpha value is -1.21. The molecule has 0 amide bonds. The van der Waals surface area contributed by atoms with E-state index in [1.165, 1.54) is 0 Å². The molecule has 1 aromatic carbocycles. The first kappa shape index (κ1) is 16.8. The summed E-state index contributed by atoms with van der Waals surface area (Å²) in [4.78, 5) is 0. The Balaban J connectivity index is 3.21. The van der Waals surface area contributed by atoms with Gasteiger partial charge in [-0.1, -0.05) is 20.8 Å². The average molecular weight is 297 g/mol. The summed E-state index contributed by atoms with van der Waals surface area (Å²) in [6.07, 6.45) is -2.21. The number of nitrogens with two attached hydrogens (primary N) is 1. The molecule has 0 aliphatic carbocycles. The number of aliphatic hydroxyl groups is 1. The minimum absolute atomic E-state index is 0.331. The molecule has 0 heterocycles. The van der Waals surface area contributed by atoms with Crippen LogP contribution in [0.2, 0.25) is 0 Å². The fourth-order valence-corrected chi connectivity index (χ4v) is 1.63. The molecule has 0 fully saturated rings. The van der Waals surface area contributed by atoms with Crippen LogP contribution in [0.1, 0.15) is 38.9 Å². The molecular weight excluding hydrogens is 281 g/mol. The number of hydrogen-bond donors (Lipinski definition) is 2. The van der Waals surface area contributed by atoms with Crippen molar-refractivity contribution in [1.82, 2.24) is 0 Å². The second kappa shape index (κ2) is 5.65. The largest absolute Gasteiger partial charge is 0.388 e. The fraction of sp³-hybridized carbons (Fsp3) is 0.538. The molecular formula is C13H16F5NO. The fourth-order valence-electron chi connectivity index (χ4n) is 1.63. The smallest absolute Gasteiger partial charge is 0.200 e. The van der Waals surface area contributed by atoms with Gasteiger partial charge >= 0.3 is 0 Å². The van der Waals surface area contributed by atoms with Crippen molar-refractivity contribution in [3.8, 4) is 0 Å². The van der Waals surface area contributed by atoms with E-state index >= 15 is 0 Å². The van der Waals surface area contributed by atoms with Gasteiger partial charge in [-0.05, 0) is 11.8 Å². The molecule has 114 valence electrons. The van der Waals surface area contributed by atoms with Crippen LogP contribution < -0.4 is 5.73 Å². The maximum absolute atomic E-state index is 13.5. The van der Waals surface area contributed by atoms with Crippen LogP contribution in [0.5, 0.6) is 0 Å². The highest BCUT2D eigenvalue weighted by atomic mass is 19.2. The summed E-state index contributed by atoms with van der Waals surface area (Å²) in [5.74, 6) is -10.5. The van der Waals surface area contributed by atoms with Gasteiger partial charge in [-0.3, -0.25) is 0 Å². The first-order chi connectivity index (χ1) is 8.98. The molecule has 2 atom stereocenters. The van der Waals surface area contributed by atoms with Gasteiger partial charge in [-0.2, -0.15) is 0 Å². The molecule has 0 aliphatic heterocycles. The van der Waals surface area contributed by atoms with Gasteiger partial charge in [0, 0.05) is 6.04 Å². The number of hydrogen-bond acceptors (Lipinski definition) is 2. The molecule has 2 nitrogen and oxygen atoms in total. The van der Waals surface area contributed by atoms with Crippen LogP contribution >= 0.6 is 0 Å². The first-order valence-corrected chi connectivity index (χ1v) is 5.93. The van der Waals surface area contributed by atoms with Gasteiger partial charge in [0.05, 0.1) is 11.7 Å². The van der Waals surface area contributed by atoms with Gasteiger partial charge in [-0.15, -0.1) is 0 Å². The van der Waals surface area contributed by atoms with Crippen molar-refractivity contribution in [3.05, 3.63) is 34.6 Å². The van der Waals surface area contributed by atoms with Crippen LogP contribution in [0.3, 0.4) is 0 Å². The highest BCUT2D eigenvalue weighted by molar-refractivity contribution is 5.26. The highest BCUT2D eigenvalue weighted by Crippen LogP contribution is 2.32. The van der Waals surface area contributed by atoms with E-state index in [0.717, 1.165) is 0 Å². The van der Waals surface area contributed by atoms with Gasteiger partial charge in [0.2, 0.25) is 5.82 Å². The lowest BCUT2D eigenvalue weighted by molar-refractivity contribution is 0.123. The Morgan fingerprint density at radius 1 is 0.900 bits per heavy atom. The van der Waals surface area contributed by atoms with Crippen molar-refractivity contribution in [2.75, 3.05) is 0 Å². The van der Waals surface area contributed by atoms with Crippen LogP contribution in [0, 0.1) is 34.5 Å². The van der Waals surface area contributed by atoms with Crippen LogP contribution in [0.25, 0.3) is 0 Å². The van der Waals surface area contributed by atoms with Gasteiger partial charge < -0.3 is 10.8 Å². The zero-order chi connectivity index (χ0) is 15.8. The number of aliphatic hydroxyl groups excluding tert-OH is 1. The van der Waals surface area contributed by atoms with E-state index in [2.05, 4.69) is 0 Å². The number of halogens is 5. The quantitative estimate of drug-likeness (QED) is 0.511. The van der Waals surface area contributed by atoms with E-state index in [1.807, 2.05) is 0 Å². The Bertz CT molecular complexity index is 483. The summed E-state index contributed by atoms with van der Waals surface area (Å²) in [6, 6.07) is -0.688. The van der Waals surface area contributed by atoms with Gasteiger partial charge in [0.15, 0.2) is 23.3 Å². The second-order valence-electron chi connectivity index (χ2n) is 5.71. The average Bonchev–Trinajstić information content (AvgIpc) is 2.33. The van der Waals surface area contributed by atoms with E-state index in [1.54, 1.807) is 20.8 Å². The van der Waals surface area contributed by atoms with Crippen molar-refractivity contribution in [3.63, 3.8) is 0 Å². The lowest BCUT2D eigenvalue weighted by atomic mass is 9.83. The molecule has 0 unspecified atom stereocenters. The molecule has 20 heavy (non-hydrogen) atoms. The standard InChI is InChI=1S/C13H16F5NO/c1-13(2,3)6(19)4-5(20)7-8(14)10(16)12(18)11(17)9(7)15/h5-6,20H,4,19H2,1-3H3/t5-,6-/m1/s1. The van der Waals surface area contributed by atoms with E-state index in [4.69, 9.17) is 5.73 Å². The molecule has 0 spiro atoms. The molecule has 3 N–H and O–H groups in total. The van der Waals surface area contributed by atoms with Crippen molar-refractivity contribution in [2.45, 2.75) is 39.3 Å². The zero-order valence-corrected chi connectivity index (χ0v) is 11.3. The van der Waals surface area contributed by atoms with Gasteiger partial charge in [0.25, 0.3) is 0 Å². The minimum atomic E-state index is -2.25. The Morgan fingerprint density at radius 2 is 1.25 bits per heavy atom. The van der Waals surface area contributed by atoms with Crippen LogP contribution in [-0.2, 0) is 0 Å². The third kappa shape index (κ3) is 3.09. The summed E-state index contributed by atoms with van der Waals surface area (Å²) in [6.45, 7) is 5.18. The Morgan fingerprint density at radius 3 is 1.60 bits per heavy atom. The van der Waals surface area contributed by atoms with Crippen molar-refractivity contribution in [1.29, 1.82) is 0 Å². The van der Waals surface area contributed by atoms with Crippen molar-refractivity contribution < 1.29 is 27.1 Å². The lowest BCUT2D eigenvalue weighted by Crippen LogP contribution is -2.36. The van der Waals surface area contributed by atoms with Crippen molar-refractivity contribution >= 4 is 0 Å². The predicted molar refractivity (Wildman–Crippen MR) is 63.2 cm³/mol. The summed E-state index contributed by atoms with van der Waals surface area (Å²) in [5.41, 5.74) is 3.98. The Labute approximate surface area is 113 Å². The zero-order valence-electron chi connectivity index (χ0n) is 11.3. The molecule has 0 aromatic heterocycles. The van der Waals surface area contributed by atoms with E-state index < -0.39 is 52.2 Å². The molecule has 1 aromatic rings. The minimum Gasteiger partial charge on any atom is -0.388 e. The maximum Gasteiger partial charge on any atom is 0.200 e. The Kier molecular flexibility index (Phi) is 4.76. The molecule has 1 rings (SSSR count). The van der Waals surface area contributed by atoms with Gasteiger partial charge in [-0.25, -0.2) is 22.0 Å². The molecule has 0 aliphatic rings. The first-order valence-electron chi connectivity index (χ1n) is 5.93. The van der Waals surface area contributed by atoms with Crippen LogP contribution in [-0.4, -0.2) is 11.1 Å². The van der Waals surface area contributed by atoms with Crippen LogP contribution in [0.15, 0.2) is 0 Å². The molecule has 7 heteroatoms. The summed E-state index contributed by atoms with van der Waals surface area (Å²) in [7, 11) is 0. The predicted octanol–water partition coefficient (Wildman–Crippen LogP) is 3.18. The lowest BCUT2D eigenvalue weighted by Gasteiger charge is -2.29. The van der Waals surface area contributed by atoms with E-state index in [-0.39, 0.29) is 6.42 Å². The van der Waals surface area contributed by atoms with Gasteiger partial charge in [0.1, 0.15) is 0 Å². The molecule has 0 saturated heterocycles. The summed E-state index contributed by atoms with van der Waals surface area (Å²) in [5, 5.41) is 9.74. The summed E-state index contributed by atoms with van der Waals surface area (Å²) >= 11 is 0. The highest BCUT2D eigenvalue weighted by Gasteiger charge is 2.32. The SMILES string of the molecule is CC(C)(C)[C@H](N)C[C@@H](O)c1c(F)c(F)c(F)c(F)c1F. The monoisotopic (exact) mass is 297 g/mol. The molecule has 0 radical (unpaired) electrons. The maximum atomic E-state index is 13.5.